The molecule has 1 fully saturated rings. The Kier molecular flexibility index (Phi) is 10.3. The second kappa shape index (κ2) is 10.7. The first-order valence-electron chi connectivity index (χ1n) is 6.80. The number of ether oxygens (including phenoxy) is 1. The maximum Gasteiger partial charge on any atom is 0.108 e. The number of rotatable bonds is 6. The van der Waals surface area contributed by atoms with Gasteiger partial charge < -0.3 is 14.7 Å². The van der Waals surface area contributed by atoms with Gasteiger partial charge in [0, 0.05) is 45.5 Å². The van der Waals surface area contributed by atoms with Crippen LogP contribution in [0.4, 0.5) is 11.4 Å². The molecule has 0 radical (unpaired) electrons. The van der Waals surface area contributed by atoms with Crippen molar-refractivity contribution in [1.29, 1.82) is 0 Å². The Morgan fingerprint density at radius 2 is 1.77 bits per heavy atom. The minimum atomic E-state index is -0.426. The highest BCUT2D eigenvalue weighted by molar-refractivity contribution is 5.85. The molecule has 126 valence electrons. The monoisotopic (exact) mass is 351 g/mol. The van der Waals surface area contributed by atoms with Crippen LogP contribution in [0.15, 0.2) is 29.4 Å². The third kappa shape index (κ3) is 6.06. The summed E-state index contributed by atoms with van der Waals surface area (Å²) in [7, 11) is 1.60. The summed E-state index contributed by atoms with van der Waals surface area (Å²) < 4.78 is 4.94. The molecule has 0 bridgehead atoms. The number of nitroso groups, excluding NO2 is 1. The van der Waals surface area contributed by atoms with E-state index in [4.69, 9.17) is 4.74 Å². The summed E-state index contributed by atoms with van der Waals surface area (Å²) in [6, 6.07) is 7.31. The molecule has 0 amide bonds. The van der Waals surface area contributed by atoms with Crippen molar-refractivity contribution in [3.05, 3.63) is 29.2 Å². The molecule has 1 heterocycles. The van der Waals surface area contributed by atoms with Crippen molar-refractivity contribution >= 4 is 36.2 Å². The quantitative estimate of drug-likeness (QED) is 0.794. The van der Waals surface area contributed by atoms with Gasteiger partial charge in [0.05, 0.1) is 12.7 Å². The van der Waals surface area contributed by atoms with Gasteiger partial charge in [-0.15, -0.1) is 29.7 Å². The molecule has 22 heavy (non-hydrogen) atoms. The first-order valence-corrected chi connectivity index (χ1v) is 6.80. The molecule has 1 unspecified atom stereocenters. The van der Waals surface area contributed by atoms with Crippen LogP contribution in [0.3, 0.4) is 0 Å². The molecule has 2 rings (SSSR count). The van der Waals surface area contributed by atoms with E-state index in [1.54, 1.807) is 19.2 Å². The Bertz CT molecular complexity index is 426. The van der Waals surface area contributed by atoms with Crippen molar-refractivity contribution in [3.8, 4) is 0 Å². The molecular weight excluding hydrogens is 329 g/mol. The molecule has 1 N–H and O–H groups in total. The van der Waals surface area contributed by atoms with E-state index in [-0.39, 0.29) is 24.8 Å². The minimum absolute atomic E-state index is 0. The summed E-state index contributed by atoms with van der Waals surface area (Å²) in [5.41, 5.74) is 1.56. The third-order valence-corrected chi connectivity index (χ3v) is 3.52. The van der Waals surface area contributed by atoms with Gasteiger partial charge in [-0.2, -0.15) is 0 Å². The van der Waals surface area contributed by atoms with Crippen molar-refractivity contribution in [1.82, 2.24) is 4.90 Å². The summed E-state index contributed by atoms with van der Waals surface area (Å²) in [6.07, 6.45) is -0.426. The molecule has 0 aliphatic carbocycles. The predicted octanol–water partition coefficient (Wildman–Crippen LogP) is 2.06. The summed E-state index contributed by atoms with van der Waals surface area (Å²) in [5, 5.41) is 12.6. The van der Waals surface area contributed by atoms with Crippen LogP contribution < -0.4 is 4.90 Å². The van der Waals surface area contributed by atoms with Crippen molar-refractivity contribution in [3.63, 3.8) is 0 Å². The van der Waals surface area contributed by atoms with Crippen LogP contribution in [0.5, 0.6) is 0 Å². The van der Waals surface area contributed by atoms with E-state index in [1.807, 2.05) is 12.1 Å². The number of methoxy groups -OCH3 is 1. The van der Waals surface area contributed by atoms with Crippen LogP contribution in [0.2, 0.25) is 0 Å². The van der Waals surface area contributed by atoms with Crippen molar-refractivity contribution in [2.24, 2.45) is 5.18 Å². The van der Waals surface area contributed by atoms with Crippen LogP contribution >= 0.6 is 24.8 Å². The van der Waals surface area contributed by atoms with E-state index in [2.05, 4.69) is 15.0 Å². The van der Waals surface area contributed by atoms with E-state index in [0.29, 0.717) is 18.8 Å². The second-order valence-corrected chi connectivity index (χ2v) is 5.00. The van der Waals surface area contributed by atoms with E-state index in [0.717, 1.165) is 31.9 Å². The number of halogens is 2. The van der Waals surface area contributed by atoms with Crippen molar-refractivity contribution in [2.75, 3.05) is 51.3 Å². The van der Waals surface area contributed by atoms with Crippen molar-refractivity contribution < 1.29 is 9.84 Å². The zero-order valence-corrected chi connectivity index (χ0v) is 14.2. The van der Waals surface area contributed by atoms with Crippen LogP contribution in [-0.2, 0) is 4.74 Å². The van der Waals surface area contributed by atoms with Gasteiger partial charge in [-0.3, -0.25) is 4.90 Å². The molecule has 6 nitrogen and oxygen atoms in total. The number of aliphatic hydroxyl groups excluding tert-OH is 1. The van der Waals surface area contributed by atoms with Gasteiger partial charge in [0.2, 0.25) is 0 Å². The number of hydrogen-bond acceptors (Lipinski definition) is 6. The molecule has 0 spiro atoms. The number of piperazine rings is 1. The number of benzene rings is 1. The SMILES string of the molecule is COCC(O)CN1CCN(c2ccc(N=O)cc2)CC1.Cl.Cl. The largest absolute Gasteiger partial charge is 0.389 e. The highest BCUT2D eigenvalue weighted by atomic mass is 35.5. The van der Waals surface area contributed by atoms with Crippen LogP contribution in [0.1, 0.15) is 0 Å². The Morgan fingerprint density at radius 3 is 2.27 bits per heavy atom. The van der Waals surface area contributed by atoms with Gasteiger partial charge in [-0.1, -0.05) is 0 Å². The lowest BCUT2D eigenvalue weighted by Crippen LogP contribution is -2.49. The maximum atomic E-state index is 10.4. The lowest BCUT2D eigenvalue weighted by molar-refractivity contribution is 0.0365. The zero-order valence-electron chi connectivity index (χ0n) is 12.6. The number of nitrogens with zero attached hydrogens (tertiary/aromatic N) is 3. The molecule has 0 saturated carbocycles. The summed E-state index contributed by atoms with van der Waals surface area (Å²) in [5.74, 6) is 0. The van der Waals surface area contributed by atoms with Gasteiger partial charge in [0.1, 0.15) is 5.69 Å². The second-order valence-electron chi connectivity index (χ2n) is 5.00. The van der Waals surface area contributed by atoms with E-state index >= 15 is 0 Å². The highest BCUT2D eigenvalue weighted by Gasteiger charge is 2.19. The third-order valence-electron chi connectivity index (χ3n) is 3.52. The number of β-amino-alcohol motifs (C(OH)–C–C–N with tert-alkyl or cyclic N) is 1. The molecule has 1 aliphatic rings. The standard InChI is InChI=1S/C14H21N3O3.2ClH/c1-20-11-14(18)10-16-6-8-17(9-7-16)13-4-2-12(15-19)3-5-13;;/h2-5,14,18H,6-11H2,1H3;2*1H. The number of anilines is 1. The number of hydrogen-bond donors (Lipinski definition) is 1. The Balaban J connectivity index is 0.00000220. The summed E-state index contributed by atoms with van der Waals surface area (Å²) >= 11 is 0. The van der Waals surface area contributed by atoms with E-state index in [9.17, 15) is 10.0 Å². The highest BCUT2D eigenvalue weighted by Crippen LogP contribution is 2.20. The number of aliphatic hydroxyl groups is 1. The van der Waals surface area contributed by atoms with E-state index < -0.39 is 6.10 Å². The van der Waals surface area contributed by atoms with Gasteiger partial charge >= 0.3 is 0 Å². The Morgan fingerprint density at radius 1 is 1.18 bits per heavy atom. The zero-order chi connectivity index (χ0) is 14.4. The normalized spacial score (nSPS) is 16.4. The maximum absolute atomic E-state index is 10.4. The molecular formula is C14H23Cl2N3O3. The fourth-order valence-corrected chi connectivity index (χ4v) is 2.46. The smallest absolute Gasteiger partial charge is 0.108 e. The van der Waals surface area contributed by atoms with Crippen molar-refractivity contribution in [2.45, 2.75) is 6.10 Å². The van der Waals surface area contributed by atoms with Crippen LogP contribution in [-0.4, -0.2) is 62.6 Å². The Hall–Kier alpha value is -0.920. The molecule has 1 aromatic carbocycles. The molecule has 0 aromatic heterocycles. The molecule has 8 heteroatoms. The fourth-order valence-electron chi connectivity index (χ4n) is 2.46. The lowest BCUT2D eigenvalue weighted by Gasteiger charge is -2.36. The van der Waals surface area contributed by atoms with Gasteiger partial charge in [0.15, 0.2) is 0 Å². The fraction of sp³-hybridized carbons (Fsp3) is 0.571. The molecule has 1 atom stereocenters. The predicted molar refractivity (Wildman–Crippen MR) is 92.9 cm³/mol. The van der Waals surface area contributed by atoms with Crippen LogP contribution in [0, 0.1) is 4.91 Å². The van der Waals surface area contributed by atoms with Gasteiger partial charge in [-0.25, -0.2) is 0 Å². The molecule has 1 aromatic rings. The first kappa shape index (κ1) is 21.1. The van der Waals surface area contributed by atoms with Gasteiger partial charge in [0.25, 0.3) is 0 Å². The summed E-state index contributed by atoms with van der Waals surface area (Å²) in [6.45, 7) is 4.67. The molecule has 1 saturated heterocycles. The Labute approximate surface area is 143 Å². The molecule has 1 aliphatic heterocycles. The summed E-state index contributed by atoms with van der Waals surface area (Å²) in [4.78, 5) is 14.9. The van der Waals surface area contributed by atoms with Crippen LogP contribution in [0.25, 0.3) is 0 Å². The lowest BCUT2D eigenvalue weighted by atomic mass is 10.2. The average Bonchev–Trinajstić information content (AvgIpc) is 2.48. The first-order chi connectivity index (χ1) is 9.72. The van der Waals surface area contributed by atoms with E-state index in [1.165, 1.54) is 0 Å². The average molecular weight is 352 g/mol. The van der Waals surface area contributed by atoms with Gasteiger partial charge in [-0.05, 0) is 29.4 Å². The minimum Gasteiger partial charge on any atom is -0.389 e. The topological polar surface area (TPSA) is 65.4 Å².